The molecule has 1 aliphatic rings. The molecule has 1 heterocycles. The number of amides is 1. The van der Waals surface area contributed by atoms with Crippen molar-refractivity contribution in [3.05, 3.63) is 130 Å². The first-order chi connectivity index (χ1) is 22.2. The van der Waals surface area contributed by atoms with Gasteiger partial charge < -0.3 is 25.0 Å². The Morgan fingerprint density at radius 1 is 0.783 bits per heavy atom. The molecule has 0 spiro atoms. The van der Waals surface area contributed by atoms with Gasteiger partial charge in [0.25, 0.3) is 5.91 Å². The standard InChI is InChI=1S/C34H30F5NO5S/c35-28-27(29(36)31(38)32(39)30(28)37)33(43)40-16-20-2-1-3-24(14-20)21-8-10-23(11-9-21)34-44-25(18-46-13-12-41)15-26(45-34)22-6-4-19(17-42)5-7-22/h1-11,14,25-26,34,41-42H,12-13,15-18H2,(H,40,43)/t25-,26+,34+/m0/s1. The molecule has 0 aromatic heterocycles. The van der Waals surface area contributed by atoms with E-state index in [4.69, 9.17) is 9.47 Å². The van der Waals surface area contributed by atoms with Crippen LogP contribution in [0, 0.1) is 29.1 Å². The molecule has 4 aromatic carbocycles. The van der Waals surface area contributed by atoms with Crippen molar-refractivity contribution >= 4 is 17.7 Å². The highest BCUT2D eigenvalue weighted by Gasteiger charge is 2.32. The van der Waals surface area contributed by atoms with Gasteiger partial charge in [-0.3, -0.25) is 4.79 Å². The maximum absolute atomic E-state index is 14.0. The van der Waals surface area contributed by atoms with Crippen LogP contribution in [0.25, 0.3) is 11.1 Å². The summed E-state index contributed by atoms with van der Waals surface area (Å²) in [5.41, 5.74) is 3.07. The van der Waals surface area contributed by atoms with E-state index in [-0.39, 0.29) is 32.0 Å². The van der Waals surface area contributed by atoms with Gasteiger partial charge in [0, 0.05) is 30.0 Å². The van der Waals surface area contributed by atoms with E-state index in [1.54, 1.807) is 30.0 Å². The van der Waals surface area contributed by atoms with Crippen LogP contribution in [0.15, 0.2) is 72.8 Å². The number of ether oxygens (including phenoxy) is 2. The molecule has 3 atom stereocenters. The van der Waals surface area contributed by atoms with E-state index in [0.29, 0.717) is 23.5 Å². The van der Waals surface area contributed by atoms with Crippen molar-refractivity contribution in [2.75, 3.05) is 18.1 Å². The Kier molecular flexibility index (Phi) is 11.1. The first-order valence-corrected chi connectivity index (χ1v) is 15.5. The molecule has 1 fully saturated rings. The molecule has 1 amide bonds. The Morgan fingerprint density at radius 2 is 1.43 bits per heavy atom. The van der Waals surface area contributed by atoms with Crippen molar-refractivity contribution in [2.24, 2.45) is 0 Å². The Labute approximate surface area is 266 Å². The smallest absolute Gasteiger partial charge is 0.257 e. The fourth-order valence-electron chi connectivity index (χ4n) is 5.07. The van der Waals surface area contributed by atoms with Gasteiger partial charge in [0.15, 0.2) is 29.6 Å². The van der Waals surface area contributed by atoms with Crippen molar-refractivity contribution in [1.82, 2.24) is 5.32 Å². The Balaban J connectivity index is 1.29. The Hall–Kier alpha value is -3.81. The normalized spacial score (nSPS) is 18.0. The van der Waals surface area contributed by atoms with Gasteiger partial charge in [-0.15, -0.1) is 0 Å². The first kappa shape index (κ1) is 33.6. The molecular weight excluding hydrogens is 629 g/mol. The highest BCUT2D eigenvalue weighted by atomic mass is 32.2. The van der Waals surface area contributed by atoms with Crippen molar-refractivity contribution < 1.29 is 46.4 Å². The SMILES string of the molecule is O=C(NCc1cccc(-c2ccc([C@@H]3O[C@H](CSCCO)C[C@H](c4ccc(CO)cc4)O3)cc2)c1)c1c(F)c(F)c(F)c(F)c1F. The third-order valence-corrected chi connectivity index (χ3v) is 8.57. The molecule has 4 aromatic rings. The fourth-order valence-corrected chi connectivity index (χ4v) is 5.84. The molecule has 3 N–H and O–H groups in total. The average molecular weight is 660 g/mol. The largest absolute Gasteiger partial charge is 0.396 e. The molecule has 0 aliphatic carbocycles. The predicted octanol–water partition coefficient (Wildman–Crippen LogP) is 6.74. The number of aliphatic hydroxyl groups excluding tert-OH is 2. The van der Waals surface area contributed by atoms with E-state index in [0.717, 1.165) is 27.8 Å². The van der Waals surface area contributed by atoms with Gasteiger partial charge in [-0.25, -0.2) is 22.0 Å². The van der Waals surface area contributed by atoms with Gasteiger partial charge in [0.1, 0.15) is 5.56 Å². The highest BCUT2D eigenvalue weighted by Crippen LogP contribution is 2.39. The van der Waals surface area contributed by atoms with Crippen LogP contribution in [0.3, 0.4) is 0 Å². The number of nitrogens with one attached hydrogen (secondary N) is 1. The summed E-state index contributed by atoms with van der Waals surface area (Å²) in [7, 11) is 0. The second-order valence-electron chi connectivity index (χ2n) is 10.6. The molecule has 0 unspecified atom stereocenters. The van der Waals surface area contributed by atoms with Crippen LogP contribution in [-0.2, 0) is 22.6 Å². The summed E-state index contributed by atoms with van der Waals surface area (Å²) in [6.07, 6.45) is -0.413. The maximum Gasteiger partial charge on any atom is 0.257 e. The minimum Gasteiger partial charge on any atom is -0.396 e. The van der Waals surface area contributed by atoms with Crippen LogP contribution >= 0.6 is 11.8 Å². The Bertz CT molecular complexity index is 1640. The summed E-state index contributed by atoms with van der Waals surface area (Å²) < 4.78 is 81.2. The molecule has 46 heavy (non-hydrogen) atoms. The average Bonchev–Trinajstić information content (AvgIpc) is 3.09. The summed E-state index contributed by atoms with van der Waals surface area (Å²) in [5, 5.41) is 20.8. The number of rotatable bonds is 11. The van der Waals surface area contributed by atoms with Gasteiger partial charge in [0.2, 0.25) is 5.82 Å². The number of aliphatic hydroxyl groups is 2. The van der Waals surface area contributed by atoms with Gasteiger partial charge in [-0.1, -0.05) is 66.7 Å². The van der Waals surface area contributed by atoms with E-state index >= 15 is 0 Å². The van der Waals surface area contributed by atoms with Crippen LogP contribution < -0.4 is 5.32 Å². The lowest BCUT2D eigenvalue weighted by atomic mass is 9.99. The van der Waals surface area contributed by atoms with Crippen LogP contribution in [-0.4, -0.2) is 40.3 Å². The van der Waals surface area contributed by atoms with Crippen LogP contribution in [0.1, 0.15) is 51.4 Å². The summed E-state index contributed by atoms with van der Waals surface area (Å²) in [5.74, 6) is -11.3. The van der Waals surface area contributed by atoms with Gasteiger partial charge >= 0.3 is 0 Å². The second kappa shape index (κ2) is 15.2. The summed E-state index contributed by atoms with van der Waals surface area (Å²) >= 11 is 1.59. The molecule has 242 valence electrons. The molecule has 5 rings (SSSR count). The van der Waals surface area contributed by atoms with Gasteiger partial charge in [-0.2, -0.15) is 11.8 Å². The van der Waals surface area contributed by atoms with E-state index in [1.807, 2.05) is 54.6 Å². The number of hydrogen-bond donors (Lipinski definition) is 3. The van der Waals surface area contributed by atoms with E-state index < -0.39 is 46.8 Å². The quantitative estimate of drug-likeness (QED) is 0.0716. The van der Waals surface area contributed by atoms with Crippen LogP contribution in [0.5, 0.6) is 0 Å². The molecule has 1 aliphatic heterocycles. The topological polar surface area (TPSA) is 88.0 Å². The number of carbonyl (C=O) groups is 1. The molecule has 0 saturated carbocycles. The number of halogens is 5. The molecule has 1 saturated heterocycles. The monoisotopic (exact) mass is 659 g/mol. The molecular formula is C34H30F5NO5S. The van der Waals surface area contributed by atoms with Crippen LogP contribution in [0.2, 0.25) is 0 Å². The van der Waals surface area contributed by atoms with Crippen molar-refractivity contribution in [1.29, 1.82) is 0 Å². The zero-order chi connectivity index (χ0) is 32.8. The van der Waals surface area contributed by atoms with Gasteiger partial charge in [-0.05, 0) is 33.9 Å². The third-order valence-electron chi connectivity index (χ3n) is 7.49. The van der Waals surface area contributed by atoms with E-state index in [1.165, 1.54) is 0 Å². The summed E-state index contributed by atoms with van der Waals surface area (Å²) in [4.78, 5) is 12.4. The zero-order valence-corrected chi connectivity index (χ0v) is 25.1. The highest BCUT2D eigenvalue weighted by molar-refractivity contribution is 7.99. The number of thioether (sulfide) groups is 1. The third kappa shape index (κ3) is 7.59. The maximum atomic E-state index is 14.0. The number of carbonyl (C=O) groups excluding carboxylic acids is 1. The van der Waals surface area contributed by atoms with Gasteiger partial charge in [0.05, 0.1) is 25.4 Å². The lowest BCUT2D eigenvalue weighted by molar-refractivity contribution is -0.245. The summed E-state index contributed by atoms with van der Waals surface area (Å²) in [6.45, 7) is -0.214. The Morgan fingerprint density at radius 3 is 2.09 bits per heavy atom. The number of benzene rings is 4. The van der Waals surface area contributed by atoms with Crippen molar-refractivity contribution in [3.63, 3.8) is 0 Å². The molecule has 6 nitrogen and oxygen atoms in total. The van der Waals surface area contributed by atoms with E-state index in [2.05, 4.69) is 5.32 Å². The molecule has 0 bridgehead atoms. The van der Waals surface area contributed by atoms with Crippen molar-refractivity contribution in [3.8, 4) is 11.1 Å². The summed E-state index contributed by atoms with van der Waals surface area (Å²) in [6, 6.07) is 21.9. The van der Waals surface area contributed by atoms with E-state index in [9.17, 15) is 37.0 Å². The fraction of sp³-hybridized carbons (Fsp3) is 0.265. The lowest BCUT2D eigenvalue weighted by Crippen LogP contribution is -2.31. The molecule has 12 heteroatoms. The molecule has 0 radical (unpaired) electrons. The number of hydrogen-bond acceptors (Lipinski definition) is 6. The zero-order valence-electron chi connectivity index (χ0n) is 24.3. The minimum atomic E-state index is -2.34. The second-order valence-corrected chi connectivity index (χ2v) is 11.7. The minimum absolute atomic E-state index is 0.0553. The first-order valence-electron chi connectivity index (χ1n) is 14.4. The lowest BCUT2D eigenvalue weighted by Gasteiger charge is -2.36. The van der Waals surface area contributed by atoms with Crippen molar-refractivity contribution in [2.45, 2.75) is 38.1 Å². The predicted molar refractivity (Wildman–Crippen MR) is 162 cm³/mol. The van der Waals surface area contributed by atoms with Crippen LogP contribution in [0.4, 0.5) is 22.0 Å².